The van der Waals surface area contributed by atoms with Crippen LogP contribution >= 0.6 is 0 Å². The minimum absolute atomic E-state index is 1.50. The highest BCUT2D eigenvalue weighted by atomic mass is 14.0. The second-order valence-electron chi connectivity index (χ2n) is 1.77. The fourth-order valence-corrected chi connectivity index (χ4v) is 0.884. The van der Waals surface area contributed by atoms with Crippen LogP contribution in [0.4, 0.5) is 0 Å². The summed E-state index contributed by atoms with van der Waals surface area (Å²) < 4.78 is 0. The van der Waals surface area contributed by atoms with Gasteiger partial charge in [-0.05, 0) is 0 Å². The third-order valence-corrected chi connectivity index (χ3v) is 1.25. The molecule has 0 saturated heterocycles. The molecule has 0 aromatic carbocycles. The molecule has 0 bridgehead atoms. The SMILES string of the molecule is C1CCCC1.CC.CC.CC. The van der Waals surface area contributed by atoms with Gasteiger partial charge in [0.15, 0.2) is 0 Å². The Labute approximate surface area is 74.4 Å². The summed E-state index contributed by atoms with van der Waals surface area (Å²) in [7, 11) is 0. The molecule has 0 aliphatic heterocycles. The topological polar surface area (TPSA) is 0 Å². The average Bonchev–Trinajstić information content (AvgIpc) is 2.71. The Morgan fingerprint density at radius 3 is 0.545 bits per heavy atom. The molecule has 0 unspecified atom stereocenters. The van der Waals surface area contributed by atoms with Gasteiger partial charge in [-0.2, -0.15) is 0 Å². The summed E-state index contributed by atoms with van der Waals surface area (Å²) in [5, 5.41) is 0. The van der Waals surface area contributed by atoms with Gasteiger partial charge < -0.3 is 0 Å². The van der Waals surface area contributed by atoms with Gasteiger partial charge in [-0.1, -0.05) is 73.6 Å². The maximum Gasteiger partial charge on any atom is -0.0533 e. The van der Waals surface area contributed by atoms with Crippen molar-refractivity contribution < 1.29 is 0 Å². The van der Waals surface area contributed by atoms with Crippen LogP contribution in [-0.2, 0) is 0 Å². The van der Waals surface area contributed by atoms with Crippen LogP contribution in [0.15, 0.2) is 0 Å². The van der Waals surface area contributed by atoms with Gasteiger partial charge in [0.25, 0.3) is 0 Å². The maximum absolute atomic E-state index is 2.00. The Morgan fingerprint density at radius 2 is 0.455 bits per heavy atom. The van der Waals surface area contributed by atoms with E-state index in [1.165, 1.54) is 32.1 Å². The van der Waals surface area contributed by atoms with Gasteiger partial charge in [-0.15, -0.1) is 0 Å². The first-order valence-corrected chi connectivity index (χ1v) is 5.50. The molecule has 0 amide bonds. The van der Waals surface area contributed by atoms with Crippen LogP contribution in [0, 0.1) is 0 Å². The number of rotatable bonds is 0. The molecule has 1 fully saturated rings. The summed E-state index contributed by atoms with van der Waals surface area (Å²) >= 11 is 0. The van der Waals surface area contributed by atoms with Gasteiger partial charge in [0, 0.05) is 0 Å². The van der Waals surface area contributed by atoms with E-state index in [-0.39, 0.29) is 0 Å². The quantitative estimate of drug-likeness (QED) is 0.466. The molecule has 1 aliphatic carbocycles. The lowest BCUT2D eigenvalue weighted by Gasteiger charge is -1.67. The minimum atomic E-state index is 1.50. The Bertz CT molecular complexity index is 11.6. The Hall–Kier alpha value is 0. The molecular weight excluding hydrogens is 132 g/mol. The van der Waals surface area contributed by atoms with Gasteiger partial charge >= 0.3 is 0 Å². The molecule has 0 spiro atoms. The van der Waals surface area contributed by atoms with Crippen molar-refractivity contribution in [1.82, 2.24) is 0 Å². The predicted octanol–water partition coefficient (Wildman–Crippen LogP) is 5.03. The van der Waals surface area contributed by atoms with Crippen molar-refractivity contribution in [1.29, 1.82) is 0 Å². The van der Waals surface area contributed by atoms with Crippen molar-refractivity contribution in [2.24, 2.45) is 0 Å². The molecule has 1 saturated carbocycles. The Balaban J connectivity index is -0.0000000933. The first kappa shape index (κ1) is 17.2. The molecule has 0 N–H and O–H groups in total. The van der Waals surface area contributed by atoms with Crippen molar-refractivity contribution in [2.45, 2.75) is 73.6 Å². The first-order chi connectivity index (χ1) is 5.50. The average molecular weight is 160 g/mol. The van der Waals surface area contributed by atoms with E-state index in [1.807, 2.05) is 41.5 Å². The molecule has 1 aliphatic rings. The van der Waals surface area contributed by atoms with E-state index in [9.17, 15) is 0 Å². The van der Waals surface area contributed by atoms with E-state index in [1.54, 1.807) is 0 Å². The molecule has 0 radical (unpaired) electrons. The van der Waals surface area contributed by atoms with Gasteiger partial charge in [0.2, 0.25) is 0 Å². The van der Waals surface area contributed by atoms with E-state index in [0.29, 0.717) is 0 Å². The van der Waals surface area contributed by atoms with Crippen LogP contribution in [-0.4, -0.2) is 0 Å². The molecule has 0 aromatic rings. The zero-order valence-electron chi connectivity index (χ0n) is 9.54. The van der Waals surface area contributed by atoms with Gasteiger partial charge in [-0.3, -0.25) is 0 Å². The monoisotopic (exact) mass is 160 g/mol. The zero-order valence-corrected chi connectivity index (χ0v) is 9.54. The highest BCUT2D eigenvalue weighted by Gasteiger charge is 1.95. The zero-order chi connectivity index (χ0) is 9.54. The van der Waals surface area contributed by atoms with Crippen LogP contribution < -0.4 is 0 Å². The molecule has 0 heterocycles. The van der Waals surface area contributed by atoms with Crippen LogP contribution in [0.3, 0.4) is 0 Å². The Morgan fingerprint density at radius 1 is 0.364 bits per heavy atom. The maximum atomic E-state index is 2.00. The summed E-state index contributed by atoms with van der Waals surface area (Å²) in [5.74, 6) is 0. The largest absolute Gasteiger partial charge is 0.0683 e. The second-order valence-corrected chi connectivity index (χ2v) is 1.77. The predicted molar refractivity (Wildman–Crippen MR) is 57.1 cm³/mol. The van der Waals surface area contributed by atoms with Crippen LogP contribution in [0.25, 0.3) is 0 Å². The summed E-state index contributed by atoms with van der Waals surface area (Å²) in [6.45, 7) is 12.0. The lowest BCUT2D eigenvalue weighted by molar-refractivity contribution is 0.886. The van der Waals surface area contributed by atoms with Crippen LogP contribution in [0.2, 0.25) is 0 Å². The third kappa shape index (κ3) is 25.6. The van der Waals surface area contributed by atoms with Gasteiger partial charge in [-0.25, -0.2) is 0 Å². The molecule has 0 heteroatoms. The van der Waals surface area contributed by atoms with Crippen molar-refractivity contribution in [3.63, 3.8) is 0 Å². The van der Waals surface area contributed by atoms with Gasteiger partial charge in [0.1, 0.15) is 0 Å². The van der Waals surface area contributed by atoms with Crippen LogP contribution in [0.1, 0.15) is 73.6 Å². The molecule has 11 heavy (non-hydrogen) atoms. The summed E-state index contributed by atoms with van der Waals surface area (Å²) in [6.07, 6.45) is 7.50. The summed E-state index contributed by atoms with van der Waals surface area (Å²) in [6, 6.07) is 0. The highest BCUT2D eigenvalue weighted by Crippen LogP contribution is 2.15. The van der Waals surface area contributed by atoms with E-state index in [2.05, 4.69) is 0 Å². The first-order valence-electron chi connectivity index (χ1n) is 5.50. The molecule has 1 rings (SSSR count). The Kier molecular flexibility index (Phi) is 50.6. The van der Waals surface area contributed by atoms with E-state index in [0.717, 1.165) is 0 Å². The van der Waals surface area contributed by atoms with Gasteiger partial charge in [0.05, 0.1) is 0 Å². The molecule has 0 nitrogen and oxygen atoms in total. The van der Waals surface area contributed by atoms with Crippen molar-refractivity contribution in [3.05, 3.63) is 0 Å². The molecule has 0 aromatic heterocycles. The lowest BCUT2D eigenvalue weighted by Crippen LogP contribution is -1.47. The second kappa shape index (κ2) is 32.4. The number of hydrogen-bond acceptors (Lipinski definition) is 0. The van der Waals surface area contributed by atoms with Crippen molar-refractivity contribution in [2.75, 3.05) is 0 Å². The van der Waals surface area contributed by atoms with Crippen molar-refractivity contribution in [3.8, 4) is 0 Å². The van der Waals surface area contributed by atoms with Crippen molar-refractivity contribution >= 4 is 0 Å². The summed E-state index contributed by atoms with van der Waals surface area (Å²) in [5.41, 5.74) is 0. The molecular formula is C11H28. The van der Waals surface area contributed by atoms with E-state index < -0.39 is 0 Å². The molecule has 0 atom stereocenters. The summed E-state index contributed by atoms with van der Waals surface area (Å²) in [4.78, 5) is 0. The standard InChI is InChI=1S/C5H10.3C2H6/c1-2-4-5-3-1;3*1-2/h1-5H2;3*1-2H3. The molecule has 72 valence electrons. The number of hydrogen-bond donors (Lipinski definition) is 0. The highest BCUT2D eigenvalue weighted by molar-refractivity contribution is 4.51. The fraction of sp³-hybridized carbons (Fsp3) is 1.00. The third-order valence-electron chi connectivity index (χ3n) is 1.25. The minimum Gasteiger partial charge on any atom is -0.0683 e. The lowest BCUT2D eigenvalue weighted by atomic mass is 10.4. The fourth-order valence-electron chi connectivity index (χ4n) is 0.884. The van der Waals surface area contributed by atoms with E-state index in [4.69, 9.17) is 0 Å². The smallest absolute Gasteiger partial charge is 0.0533 e. The normalized spacial score (nSPS) is 12.5. The van der Waals surface area contributed by atoms with E-state index >= 15 is 0 Å². The van der Waals surface area contributed by atoms with Crippen LogP contribution in [0.5, 0.6) is 0 Å².